The van der Waals surface area contributed by atoms with E-state index in [-0.39, 0.29) is 11.8 Å². The van der Waals surface area contributed by atoms with Crippen LogP contribution in [-0.2, 0) is 11.2 Å². The van der Waals surface area contributed by atoms with Crippen molar-refractivity contribution in [3.8, 4) is 0 Å². The number of rotatable bonds is 6. The van der Waals surface area contributed by atoms with Gasteiger partial charge in [0.05, 0.1) is 6.54 Å². The van der Waals surface area contributed by atoms with Gasteiger partial charge in [-0.25, -0.2) is 0 Å². The van der Waals surface area contributed by atoms with E-state index in [1.807, 2.05) is 6.07 Å². The number of carbonyl (C=O) groups is 2. The van der Waals surface area contributed by atoms with Gasteiger partial charge in [0.1, 0.15) is 0 Å². The number of hydrogen-bond donors (Lipinski definition) is 2. The van der Waals surface area contributed by atoms with E-state index < -0.39 is 0 Å². The first-order valence-electron chi connectivity index (χ1n) is 10.6. The molecule has 0 spiro atoms. The Hall–Kier alpha value is -2.82. The molecule has 0 bridgehead atoms. The fraction of sp³-hybridized carbons (Fsp3) is 0.417. The standard InChI is InChI=1S/C24H29N3O2/c1-16(2)17-8-11-22-18(13-17)6-4-12-27(22)15-23(28)25-21-7-3-5-19(14-21)24(29)26-20-9-10-20/h3,5,7-8,11,13-14,16,20H,4,6,9-10,12,15H2,1-2H3,(H,25,28)(H,26,29). The number of hydrogen-bond acceptors (Lipinski definition) is 3. The van der Waals surface area contributed by atoms with Crippen LogP contribution in [0.2, 0.25) is 0 Å². The molecule has 1 heterocycles. The lowest BCUT2D eigenvalue weighted by Crippen LogP contribution is -2.36. The summed E-state index contributed by atoms with van der Waals surface area (Å²) in [5.74, 6) is 0.364. The first kappa shape index (κ1) is 19.5. The zero-order chi connectivity index (χ0) is 20.4. The summed E-state index contributed by atoms with van der Waals surface area (Å²) in [6, 6.07) is 14.1. The maximum Gasteiger partial charge on any atom is 0.251 e. The highest BCUT2D eigenvalue weighted by Crippen LogP contribution is 2.30. The minimum atomic E-state index is -0.0745. The van der Waals surface area contributed by atoms with Crippen molar-refractivity contribution in [1.82, 2.24) is 5.32 Å². The molecule has 0 radical (unpaired) electrons. The summed E-state index contributed by atoms with van der Waals surface area (Å²) in [4.78, 5) is 27.1. The minimum Gasteiger partial charge on any atom is -0.362 e. The van der Waals surface area contributed by atoms with E-state index in [0.717, 1.165) is 37.9 Å². The second-order valence-corrected chi connectivity index (χ2v) is 8.44. The Kier molecular flexibility index (Phi) is 5.56. The molecule has 2 aromatic rings. The molecule has 0 atom stereocenters. The Morgan fingerprint density at radius 3 is 2.72 bits per heavy atom. The van der Waals surface area contributed by atoms with E-state index >= 15 is 0 Å². The maximum absolute atomic E-state index is 12.7. The second-order valence-electron chi connectivity index (χ2n) is 8.44. The van der Waals surface area contributed by atoms with Crippen molar-refractivity contribution in [3.63, 3.8) is 0 Å². The molecule has 152 valence electrons. The number of benzene rings is 2. The highest BCUT2D eigenvalue weighted by molar-refractivity contribution is 5.98. The summed E-state index contributed by atoms with van der Waals surface area (Å²) >= 11 is 0. The van der Waals surface area contributed by atoms with Crippen LogP contribution in [-0.4, -0.2) is 30.9 Å². The van der Waals surface area contributed by atoms with Gasteiger partial charge in [-0.15, -0.1) is 0 Å². The Balaban J connectivity index is 1.41. The van der Waals surface area contributed by atoms with E-state index in [2.05, 4.69) is 47.6 Å². The van der Waals surface area contributed by atoms with Crippen LogP contribution in [0.3, 0.4) is 0 Å². The molecule has 0 saturated heterocycles. The van der Waals surface area contributed by atoms with Crippen LogP contribution >= 0.6 is 0 Å². The molecule has 2 amide bonds. The van der Waals surface area contributed by atoms with Gasteiger partial charge in [0.15, 0.2) is 0 Å². The van der Waals surface area contributed by atoms with E-state index in [1.165, 1.54) is 11.1 Å². The van der Waals surface area contributed by atoms with E-state index in [0.29, 0.717) is 29.8 Å². The lowest BCUT2D eigenvalue weighted by atomic mass is 9.95. The van der Waals surface area contributed by atoms with Crippen molar-refractivity contribution < 1.29 is 9.59 Å². The van der Waals surface area contributed by atoms with Gasteiger partial charge in [-0.1, -0.05) is 32.0 Å². The Bertz CT molecular complexity index is 918. The molecule has 1 aliphatic carbocycles. The van der Waals surface area contributed by atoms with Crippen LogP contribution in [0.1, 0.15) is 60.5 Å². The quantitative estimate of drug-likeness (QED) is 0.780. The zero-order valence-electron chi connectivity index (χ0n) is 17.2. The Labute approximate surface area is 172 Å². The van der Waals surface area contributed by atoms with Crippen LogP contribution in [0.15, 0.2) is 42.5 Å². The smallest absolute Gasteiger partial charge is 0.251 e. The van der Waals surface area contributed by atoms with Gasteiger partial charge in [-0.3, -0.25) is 9.59 Å². The van der Waals surface area contributed by atoms with Crippen molar-refractivity contribution in [1.29, 1.82) is 0 Å². The third-order valence-corrected chi connectivity index (χ3v) is 5.64. The lowest BCUT2D eigenvalue weighted by Gasteiger charge is -2.31. The molecule has 1 aliphatic heterocycles. The fourth-order valence-electron chi connectivity index (χ4n) is 3.83. The number of nitrogens with one attached hydrogen (secondary N) is 2. The molecular formula is C24H29N3O2. The van der Waals surface area contributed by atoms with Crippen molar-refractivity contribution in [2.45, 2.75) is 51.5 Å². The van der Waals surface area contributed by atoms with Gasteiger partial charge in [0.2, 0.25) is 5.91 Å². The van der Waals surface area contributed by atoms with E-state index in [1.54, 1.807) is 18.2 Å². The lowest BCUT2D eigenvalue weighted by molar-refractivity contribution is -0.115. The van der Waals surface area contributed by atoms with Gasteiger partial charge < -0.3 is 15.5 Å². The molecule has 0 aromatic heterocycles. The number of aryl methyl sites for hydroxylation is 1. The maximum atomic E-state index is 12.7. The third kappa shape index (κ3) is 4.78. The number of anilines is 2. The highest BCUT2D eigenvalue weighted by atomic mass is 16.2. The predicted octanol–water partition coefficient (Wildman–Crippen LogP) is 4.09. The average Bonchev–Trinajstić information content (AvgIpc) is 3.52. The van der Waals surface area contributed by atoms with Gasteiger partial charge in [0, 0.05) is 29.5 Å². The van der Waals surface area contributed by atoms with Crippen LogP contribution in [0.25, 0.3) is 0 Å². The molecule has 29 heavy (non-hydrogen) atoms. The molecular weight excluding hydrogens is 362 g/mol. The number of carbonyl (C=O) groups excluding carboxylic acids is 2. The summed E-state index contributed by atoms with van der Waals surface area (Å²) in [7, 11) is 0. The molecule has 1 fully saturated rings. The number of fused-ring (bicyclic) bond motifs is 1. The predicted molar refractivity (Wildman–Crippen MR) is 117 cm³/mol. The Morgan fingerprint density at radius 2 is 1.97 bits per heavy atom. The average molecular weight is 392 g/mol. The molecule has 1 saturated carbocycles. The van der Waals surface area contributed by atoms with Crippen LogP contribution in [0.5, 0.6) is 0 Å². The van der Waals surface area contributed by atoms with Crippen LogP contribution < -0.4 is 15.5 Å². The summed E-state index contributed by atoms with van der Waals surface area (Å²) in [5, 5.41) is 5.93. The highest BCUT2D eigenvalue weighted by Gasteiger charge is 2.24. The van der Waals surface area contributed by atoms with Gasteiger partial charge in [0.25, 0.3) is 5.91 Å². The first-order chi connectivity index (χ1) is 14.0. The van der Waals surface area contributed by atoms with Gasteiger partial charge in [-0.05, 0) is 67.0 Å². The monoisotopic (exact) mass is 391 g/mol. The topological polar surface area (TPSA) is 61.4 Å². The van der Waals surface area contributed by atoms with Crippen molar-refractivity contribution >= 4 is 23.2 Å². The summed E-state index contributed by atoms with van der Waals surface area (Å²) < 4.78 is 0. The molecule has 4 rings (SSSR count). The molecule has 0 unspecified atom stereocenters. The SMILES string of the molecule is CC(C)c1ccc2c(c1)CCCN2CC(=O)Nc1cccc(C(=O)NC2CC2)c1. The molecule has 5 heteroatoms. The van der Waals surface area contributed by atoms with Crippen molar-refractivity contribution in [2.24, 2.45) is 0 Å². The molecule has 2 aliphatic rings. The van der Waals surface area contributed by atoms with Gasteiger partial charge >= 0.3 is 0 Å². The summed E-state index contributed by atoms with van der Waals surface area (Å²) in [6.45, 7) is 5.60. The molecule has 2 N–H and O–H groups in total. The summed E-state index contributed by atoms with van der Waals surface area (Å²) in [6.07, 6.45) is 4.22. The normalized spacial score (nSPS) is 15.8. The minimum absolute atomic E-state index is 0.0643. The van der Waals surface area contributed by atoms with Crippen molar-refractivity contribution in [3.05, 3.63) is 59.2 Å². The van der Waals surface area contributed by atoms with Crippen LogP contribution in [0, 0.1) is 0 Å². The van der Waals surface area contributed by atoms with E-state index in [4.69, 9.17) is 0 Å². The summed E-state index contributed by atoms with van der Waals surface area (Å²) in [5.41, 5.74) is 5.07. The number of amides is 2. The number of nitrogens with zero attached hydrogens (tertiary/aromatic N) is 1. The van der Waals surface area contributed by atoms with E-state index in [9.17, 15) is 9.59 Å². The third-order valence-electron chi connectivity index (χ3n) is 5.64. The largest absolute Gasteiger partial charge is 0.362 e. The zero-order valence-corrected chi connectivity index (χ0v) is 17.2. The van der Waals surface area contributed by atoms with Crippen molar-refractivity contribution in [2.75, 3.05) is 23.3 Å². The van der Waals surface area contributed by atoms with Crippen LogP contribution in [0.4, 0.5) is 11.4 Å². The Morgan fingerprint density at radius 1 is 1.14 bits per heavy atom. The second kappa shape index (κ2) is 8.27. The first-order valence-corrected chi connectivity index (χ1v) is 10.6. The fourth-order valence-corrected chi connectivity index (χ4v) is 3.83. The molecule has 5 nitrogen and oxygen atoms in total. The molecule has 2 aromatic carbocycles. The van der Waals surface area contributed by atoms with Gasteiger partial charge in [-0.2, -0.15) is 0 Å².